The number of hydrogen-bond acceptors (Lipinski definition) is 7. The van der Waals surface area contributed by atoms with E-state index < -0.39 is 59.3 Å². The highest BCUT2D eigenvalue weighted by Gasteiger charge is 2.38. The van der Waals surface area contributed by atoms with Crippen molar-refractivity contribution in [1.82, 2.24) is 20.0 Å². The molecule has 12 nitrogen and oxygen atoms in total. The van der Waals surface area contributed by atoms with Gasteiger partial charge in [-0.2, -0.15) is 0 Å². The molecule has 0 radical (unpaired) electrons. The van der Waals surface area contributed by atoms with E-state index in [2.05, 4.69) is 5.32 Å². The van der Waals surface area contributed by atoms with Gasteiger partial charge in [0, 0.05) is 27.1 Å². The number of halogens is 1. The standard InChI is InChI=1S/C26H35FN4O8/c1-26(2,3)39-25(37)28-16-11-17-14-38-20-8-6-15(27)10-18(20)23(34)30(5)19(24(35)36)7-9-21(32)29(4)13-22(33)31(17)12-16/h6,8,10,16-17,19H,7,9,11-14H2,1-5H3,(H,28,37)(H,35,36)/t16-,17-,19-/m0/s1. The average Bonchev–Trinajstić information content (AvgIpc) is 3.22. The Labute approximate surface area is 226 Å². The van der Waals surface area contributed by atoms with Crippen molar-refractivity contribution in [2.24, 2.45) is 0 Å². The number of nitrogens with one attached hydrogen (secondary N) is 1. The predicted molar refractivity (Wildman–Crippen MR) is 136 cm³/mol. The molecule has 3 rings (SSSR count). The molecular formula is C26H35FN4O8. The quantitative estimate of drug-likeness (QED) is 0.563. The highest BCUT2D eigenvalue weighted by Crippen LogP contribution is 2.26. The maximum atomic E-state index is 14.1. The molecule has 2 aliphatic heterocycles. The molecule has 0 bridgehead atoms. The summed E-state index contributed by atoms with van der Waals surface area (Å²) in [6, 6.07) is 0.938. The largest absolute Gasteiger partial charge is 0.491 e. The van der Waals surface area contributed by atoms with Crippen LogP contribution in [0.1, 0.15) is 50.4 Å². The number of rotatable bonds is 2. The van der Waals surface area contributed by atoms with Crippen LogP contribution < -0.4 is 10.1 Å². The Morgan fingerprint density at radius 1 is 1.15 bits per heavy atom. The summed E-state index contributed by atoms with van der Waals surface area (Å²) in [5, 5.41) is 12.5. The molecule has 2 heterocycles. The molecule has 3 atom stereocenters. The van der Waals surface area contributed by atoms with Crippen LogP contribution in [0.25, 0.3) is 0 Å². The fraction of sp³-hybridized carbons (Fsp3) is 0.577. The van der Waals surface area contributed by atoms with Crippen molar-refractivity contribution < 1.29 is 42.9 Å². The maximum absolute atomic E-state index is 14.1. The van der Waals surface area contributed by atoms with Crippen LogP contribution in [-0.4, -0.2) is 107 Å². The molecule has 2 aliphatic rings. The van der Waals surface area contributed by atoms with Crippen molar-refractivity contribution >= 4 is 29.8 Å². The van der Waals surface area contributed by atoms with Crippen LogP contribution in [0.15, 0.2) is 18.2 Å². The van der Waals surface area contributed by atoms with Crippen LogP contribution in [0.3, 0.4) is 0 Å². The van der Waals surface area contributed by atoms with Crippen LogP contribution in [0.5, 0.6) is 5.75 Å². The van der Waals surface area contributed by atoms with Crippen molar-refractivity contribution in [1.29, 1.82) is 0 Å². The van der Waals surface area contributed by atoms with Crippen molar-refractivity contribution in [3.8, 4) is 5.75 Å². The van der Waals surface area contributed by atoms with Crippen LogP contribution in [0.4, 0.5) is 9.18 Å². The second kappa shape index (κ2) is 11.9. The molecule has 1 saturated heterocycles. The molecule has 0 unspecified atom stereocenters. The number of hydrogen-bond donors (Lipinski definition) is 2. The number of amides is 4. The Morgan fingerprint density at radius 2 is 1.85 bits per heavy atom. The van der Waals surface area contributed by atoms with Crippen molar-refractivity contribution in [2.45, 2.75) is 63.8 Å². The van der Waals surface area contributed by atoms with Crippen LogP contribution in [-0.2, 0) is 19.1 Å². The number of ether oxygens (including phenoxy) is 2. The second-order valence-corrected chi connectivity index (χ2v) is 10.8. The smallest absolute Gasteiger partial charge is 0.407 e. The predicted octanol–water partition coefficient (Wildman–Crippen LogP) is 1.48. The monoisotopic (exact) mass is 550 g/mol. The number of fused-ring (bicyclic) bond motifs is 2. The first kappa shape index (κ1) is 29.7. The minimum Gasteiger partial charge on any atom is -0.491 e. The number of carboxylic acids is 1. The minimum atomic E-state index is -1.37. The summed E-state index contributed by atoms with van der Waals surface area (Å²) in [5.41, 5.74) is -0.908. The summed E-state index contributed by atoms with van der Waals surface area (Å²) < 4.78 is 25.4. The van der Waals surface area contributed by atoms with E-state index in [0.717, 1.165) is 17.0 Å². The first-order valence-electron chi connectivity index (χ1n) is 12.6. The van der Waals surface area contributed by atoms with Crippen LogP contribution in [0.2, 0.25) is 0 Å². The first-order valence-corrected chi connectivity index (χ1v) is 12.6. The Bertz CT molecular complexity index is 1140. The molecule has 1 aromatic rings. The van der Waals surface area contributed by atoms with E-state index >= 15 is 0 Å². The summed E-state index contributed by atoms with van der Waals surface area (Å²) in [6.45, 7) is 4.94. The summed E-state index contributed by atoms with van der Waals surface area (Å²) in [5.74, 6) is -3.71. The van der Waals surface area contributed by atoms with E-state index in [1.807, 2.05) is 0 Å². The number of benzene rings is 1. The number of likely N-dealkylation sites (N-methyl/N-ethyl adjacent to an activating group) is 2. The number of nitrogens with zero attached hydrogens (tertiary/aromatic N) is 3. The topological polar surface area (TPSA) is 146 Å². The number of alkyl carbamates (subject to hydrolysis) is 1. The Balaban J connectivity index is 1.92. The lowest BCUT2D eigenvalue weighted by atomic mass is 10.1. The van der Waals surface area contributed by atoms with E-state index in [4.69, 9.17) is 9.47 Å². The summed E-state index contributed by atoms with van der Waals surface area (Å²) in [7, 11) is 2.69. The Hall–Kier alpha value is -3.90. The molecule has 1 aromatic carbocycles. The lowest BCUT2D eigenvalue weighted by molar-refractivity contribution is -0.143. The van der Waals surface area contributed by atoms with Crippen molar-refractivity contribution in [2.75, 3.05) is 33.8 Å². The van der Waals surface area contributed by atoms with Gasteiger partial charge in [-0.1, -0.05) is 0 Å². The lowest BCUT2D eigenvalue weighted by Gasteiger charge is -2.27. The maximum Gasteiger partial charge on any atom is 0.407 e. The van der Waals surface area contributed by atoms with Crippen LogP contribution >= 0.6 is 0 Å². The normalized spacial score (nSPS) is 23.3. The van der Waals surface area contributed by atoms with E-state index in [-0.39, 0.29) is 43.9 Å². The zero-order valence-corrected chi connectivity index (χ0v) is 22.7. The third kappa shape index (κ3) is 7.58. The van der Waals surface area contributed by atoms with Gasteiger partial charge >= 0.3 is 12.1 Å². The molecule has 0 saturated carbocycles. The van der Waals surface area contributed by atoms with Crippen LogP contribution in [0, 0.1) is 5.82 Å². The molecule has 0 aliphatic carbocycles. The minimum absolute atomic E-state index is 0.0106. The van der Waals surface area contributed by atoms with Gasteiger partial charge in [-0.3, -0.25) is 14.4 Å². The second-order valence-electron chi connectivity index (χ2n) is 10.8. The molecule has 1 fully saturated rings. The zero-order chi connectivity index (χ0) is 29.1. The van der Waals surface area contributed by atoms with Gasteiger partial charge in [0.15, 0.2) is 0 Å². The van der Waals surface area contributed by atoms with Gasteiger partial charge in [0.25, 0.3) is 5.91 Å². The van der Waals surface area contributed by atoms with E-state index in [1.54, 1.807) is 20.8 Å². The van der Waals surface area contributed by atoms with Gasteiger partial charge in [0.1, 0.15) is 29.8 Å². The molecule has 13 heteroatoms. The van der Waals surface area contributed by atoms with Gasteiger partial charge < -0.3 is 34.6 Å². The molecular weight excluding hydrogens is 515 g/mol. The van der Waals surface area contributed by atoms with Gasteiger partial charge in [-0.25, -0.2) is 14.0 Å². The van der Waals surface area contributed by atoms with Gasteiger partial charge in [0.05, 0.1) is 24.2 Å². The third-order valence-corrected chi connectivity index (χ3v) is 6.56. The molecule has 214 valence electrons. The average molecular weight is 551 g/mol. The fourth-order valence-electron chi connectivity index (χ4n) is 4.59. The summed E-state index contributed by atoms with van der Waals surface area (Å²) >= 11 is 0. The highest BCUT2D eigenvalue weighted by molar-refractivity contribution is 5.99. The first-order chi connectivity index (χ1) is 18.2. The van der Waals surface area contributed by atoms with E-state index in [0.29, 0.717) is 6.42 Å². The lowest BCUT2D eigenvalue weighted by Crippen LogP contribution is -2.46. The summed E-state index contributed by atoms with van der Waals surface area (Å²) in [4.78, 5) is 67.1. The third-order valence-electron chi connectivity index (χ3n) is 6.56. The number of carbonyl (C=O) groups excluding carboxylic acids is 4. The number of carboxylic acid groups (broad SMARTS) is 1. The van der Waals surface area contributed by atoms with Gasteiger partial charge in [-0.05, 0) is 51.8 Å². The van der Waals surface area contributed by atoms with E-state index in [9.17, 15) is 33.5 Å². The Kier molecular flexibility index (Phi) is 9.03. The highest BCUT2D eigenvalue weighted by atomic mass is 19.1. The zero-order valence-electron chi connectivity index (χ0n) is 22.7. The SMILES string of the molecule is CN1CC(=O)N2C[C@@H](NC(=O)OC(C)(C)C)C[C@H]2COc2ccc(F)cc2C(=O)N(C)[C@H](C(=O)O)CCC1=O. The molecule has 0 spiro atoms. The van der Waals surface area contributed by atoms with Crippen molar-refractivity contribution in [3.05, 3.63) is 29.6 Å². The number of aliphatic carboxylic acids is 1. The Morgan fingerprint density at radius 3 is 2.49 bits per heavy atom. The van der Waals surface area contributed by atoms with Crippen molar-refractivity contribution in [3.63, 3.8) is 0 Å². The van der Waals surface area contributed by atoms with Gasteiger partial charge in [-0.15, -0.1) is 0 Å². The van der Waals surface area contributed by atoms with E-state index in [1.165, 1.54) is 30.0 Å². The molecule has 39 heavy (non-hydrogen) atoms. The number of carbonyl (C=O) groups is 5. The molecule has 2 N–H and O–H groups in total. The molecule has 4 amide bonds. The summed E-state index contributed by atoms with van der Waals surface area (Å²) in [6.07, 6.45) is -0.793. The fourth-order valence-corrected chi connectivity index (χ4v) is 4.59. The van der Waals surface area contributed by atoms with Gasteiger partial charge in [0.2, 0.25) is 11.8 Å². The molecule has 0 aromatic heterocycles.